The summed E-state index contributed by atoms with van der Waals surface area (Å²) in [6.07, 6.45) is 1.89. The normalized spacial score (nSPS) is 10.9. The summed E-state index contributed by atoms with van der Waals surface area (Å²) in [6, 6.07) is 4.09. The highest BCUT2D eigenvalue weighted by atomic mass is 35.5. The fourth-order valence-corrected chi connectivity index (χ4v) is 2.03. The van der Waals surface area contributed by atoms with Crippen molar-refractivity contribution in [3.8, 4) is 0 Å². The van der Waals surface area contributed by atoms with Crippen LogP contribution in [0.4, 0.5) is 0 Å². The number of halogens is 1. The van der Waals surface area contributed by atoms with Crippen LogP contribution in [0.5, 0.6) is 0 Å². The van der Waals surface area contributed by atoms with Crippen LogP contribution in [-0.2, 0) is 20.1 Å². The molecular formula is C13H17ClN4. The molecule has 0 atom stereocenters. The van der Waals surface area contributed by atoms with Gasteiger partial charge in [0.2, 0.25) is 0 Å². The van der Waals surface area contributed by atoms with Gasteiger partial charge in [-0.15, -0.1) is 0 Å². The second kappa shape index (κ2) is 5.50. The Hall–Kier alpha value is -1.39. The highest BCUT2D eigenvalue weighted by molar-refractivity contribution is 6.31. The maximum absolute atomic E-state index is 6.18. The van der Waals surface area contributed by atoms with E-state index >= 15 is 0 Å². The van der Waals surface area contributed by atoms with Crippen molar-refractivity contribution in [3.05, 3.63) is 46.0 Å². The van der Waals surface area contributed by atoms with Gasteiger partial charge in [0.25, 0.3) is 0 Å². The van der Waals surface area contributed by atoms with Crippen LogP contribution in [0.1, 0.15) is 22.6 Å². The third kappa shape index (κ3) is 2.89. The van der Waals surface area contributed by atoms with Crippen LogP contribution >= 0.6 is 11.6 Å². The maximum atomic E-state index is 6.18. The molecule has 1 N–H and O–H groups in total. The zero-order chi connectivity index (χ0) is 13.1. The smallest absolute Gasteiger partial charge is 0.0860 e. The van der Waals surface area contributed by atoms with Gasteiger partial charge in [-0.05, 0) is 25.5 Å². The third-order valence-electron chi connectivity index (χ3n) is 2.86. The first-order valence-electron chi connectivity index (χ1n) is 5.88. The van der Waals surface area contributed by atoms with E-state index in [-0.39, 0.29) is 0 Å². The molecule has 0 spiro atoms. The van der Waals surface area contributed by atoms with Crippen molar-refractivity contribution >= 4 is 11.6 Å². The maximum Gasteiger partial charge on any atom is 0.0860 e. The Labute approximate surface area is 112 Å². The molecule has 96 valence electrons. The Balaban J connectivity index is 1.94. The van der Waals surface area contributed by atoms with Crippen molar-refractivity contribution in [2.24, 2.45) is 7.05 Å². The van der Waals surface area contributed by atoms with E-state index in [1.165, 1.54) is 0 Å². The molecule has 5 heteroatoms. The summed E-state index contributed by atoms with van der Waals surface area (Å²) < 4.78 is 1.82. The van der Waals surface area contributed by atoms with Crippen LogP contribution in [0, 0.1) is 13.8 Å². The number of nitrogens with one attached hydrogen (secondary N) is 1. The highest BCUT2D eigenvalue weighted by Crippen LogP contribution is 2.18. The Morgan fingerprint density at radius 1 is 1.28 bits per heavy atom. The molecule has 0 fully saturated rings. The number of rotatable bonds is 4. The van der Waals surface area contributed by atoms with Gasteiger partial charge in [0.15, 0.2) is 0 Å². The second-order valence-corrected chi connectivity index (χ2v) is 4.76. The number of hydrogen-bond acceptors (Lipinski definition) is 3. The molecular weight excluding hydrogens is 248 g/mol. The predicted molar refractivity (Wildman–Crippen MR) is 72.5 cm³/mol. The number of aryl methyl sites for hydroxylation is 3. The van der Waals surface area contributed by atoms with Gasteiger partial charge in [-0.25, -0.2) is 0 Å². The van der Waals surface area contributed by atoms with Gasteiger partial charge in [-0.2, -0.15) is 5.10 Å². The Morgan fingerprint density at radius 2 is 2.06 bits per heavy atom. The lowest BCUT2D eigenvalue weighted by atomic mass is 10.2. The van der Waals surface area contributed by atoms with Gasteiger partial charge in [-0.1, -0.05) is 17.7 Å². The summed E-state index contributed by atoms with van der Waals surface area (Å²) in [5, 5.41) is 8.37. The molecule has 0 bridgehead atoms. The lowest BCUT2D eigenvalue weighted by Gasteiger charge is -2.06. The van der Waals surface area contributed by atoms with Gasteiger partial charge in [0, 0.05) is 32.0 Å². The fraction of sp³-hybridized carbons (Fsp3) is 0.385. The van der Waals surface area contributed by atoms with Crippen molar-refractivity contribution in [3.63, 3.8) is 0 Å². The lowest BCUT2D eigenvalue weighted by molar-refractivity contribution is 0.624. The average Bonchev–Trinajstić information content (AvgIpc) is 2.58. The van der Waals surface area contributed by atoms with Crippen LogP contribution < -0.4 is 5.32 Å². The van der Waals surface area contributed by atoms with Crippen LogP contribution in [0.15, 0.2) is 18.3 Å². The van der Waals surface area contributed by atoms with E-state index in [4.69, 9.17) is 11.6 Å². The van der Waals surface area contributed by atoms with Crippen LogP contribution in [0.3, 0.4) is 0 Å². The van der Waals surface area contributed by atoms with Crippen molar-refractivity contribution < 1.29 is 0 Å². The van der Waals surface area contributed by atoms with Crippen LogP contribution in [0.2, 0.25) is 5.02 Å². The molecule has 2 heterocycles. The molecule has 0 amide bonds. The van der Waals surface area contributed by atoms with E-state index in [9.17, 15) is 0 Å². The molecule has 0 saturated heterocycles. The van der Waals surface area contributed by atoms with Gasteiger partial charge in [0.05, 0.1) is 16.4 Å². The van der Waals surface area contributed by atoms with Crippen molar-refractivity contribution in [1.29, 1.82) is 0 Å². The molecule has 0 aliphatic carbocycles. The first-order valence-corrected chi connectivity index (χ1v) is 6.26. The minimum Gasteiger partial charge on any atom is -0.307 e. The van der Waals surface area contributed by atoms with Crippen LogP contribution in [-0.4, -0.2) is 14.8 Å². The Bertz CT molecular complexity index is 531. The fourth-order valence-electron chi connectivity index (χ4n) is 1.80. The van der Waals surface area contributed by atoms with Crippen molar-refractivity contribution in [2.75, 3.05) is 0 Å². The molecule has 2 rings (SSSR count). The predicted octanol–water partition coefficient (Wildman–Crippen LogP) is 2.38. The number of nitrogens with zero attached hydrogens (tertiary/aromatic N) is 3. The molecule has 0 saturated carbocycles. The summed E-state index contributed by atoms with van der Waals surface area (Å²) in [5.74, 6) is 0. The number of hydrogen-bond donors (Lipinski definition) is 1. The monoisotopic (exact) mass is 264 g/mol. The summed E-state index contributed by atoms with van der Waals surface area (Å²) >= 11 is 6.18. The first-order chi connectivity index (χ1) is 8.58. The van der Waals surface area contributed by atoms with Crippen molar-refractivity contribution in [2.45, 2.75) is 26.9 Å². The molecule has 4 nitrogen and oxygen atoms in total. The van der Waals surface area contributed by atoms with E-state index in [2.05, 4.69) is 21.5 Å². The molecule has 0 aromatic carbocycles. The molecule has 0 unspecified atom stereocenters. The molecule has 18 heavy (non-hydrogen) atoms. The summed E-state index contributed by atoms with van der Waals surface area (Å²) in [5.41, 5.74) is 4.07. The van der Waals surface area contributed by atoms with Crippen LogP contribution in [0.25, 0.3) is 0 Å². The van der Waals surface area contributed by atoms with E-state index in [0.29, 0.717) is 6.54 Å². The van der Waals surface area contributed by atoms with E-state index < -0.39 is 0 Å². The van der Waals surface area contributed by atoms with E-state index in [1.807, 2.05) is 37.8 Å². The molecule has 2 aromatic rings. The van der Waals surface area contributed by atoms with Gasteiger partial charge in [0.1, 0.15) is 0 Å². The largest absolute Gasteiger partial charge is 0.307 e. The lowest BCUT2D eigenvalue weighted by Crippen LogP contribution is -2.15. The Kier molecular flexibility index (Phi) is 3.99. The zero-order valence-electron chi connectivity index (χ0n) is 10.9. The zero-order valence-corrected chi connectivity index (χ0v) is 11.6. The van der Waals surface area contributed by atoms with Gasteiger partial charge >= 0.3 is 0 Å². The standard InChI is InChI=1S/C13H17ClN4/c1-9-4-5-11(7-16-9)6-15-8-12-13(14)10(2)17-18(12)3/h4-5,7,15H,6,8H2,1-3H3. The van der Waals surface area contributed by atoms with Gasteiger partial charge in [-0.3, -0.25) is 9.67 Å². The SMILES string of the molecule is Cc1ccc(CNCc2c(Cl)c(C)nn2C)cn1. The summed E-state index contributed by atoms with van der Waals surface area (Å²) in [4.78, 5) is 4.26. The summed E-state index contributed by atoms with van der Waals surface area (Å²) in [6.45, 7) is 5.36. The number of pyridine rings is 1. The van der Waals surface area contributed by atoms with Crippen molar-refractivity contribution in [1.82, 2.24) is 20.1 Å². The van der Waals surface area contributed by atoms with E-state index in [0.717, 1.165) is 34.2 Å². The first kappa shape index (κ1) is 13.1. The quantitative estimate of drug-likeness (QED) is 0.922. The Morgan fingerprint density at radius 3 is 2.61 bits per heavy atom. The summed E-state index contributed by atoms with van der Waals surface area (Å²) in [7, 11) is 1.91. The minimum absolute atomic E-state index is 0.698. The minimum atomic E-state index is 0.698. The third-order valence-corrected chi connectivity index (χ3v) is 3.35. The molecule has 0 aliphatic heterocycles. The average molecular weight is 265 g/mol. The molecule has 0 radical (unpaired) electrons. The number of aromatic nitrogens is 3. The van der Waals surface area contributed by atoms with Gasteiger partial charge < -0.3 is 5.32 Å². The molecule has 0 aliphatic rings. The van der Waals surface area contributed by atoms with E-state index in [1.54, 1.807) is 0 Å². The second-order valence-electron chi connectivity index (χ2n) is 4.38. The topological polar surface area (TPSA) is 42.7 Å². The highest BCUT2D eigenvalue weighted by Gasteiger charge is 2.09. The molecule has 2 aromatic heterocycles.